The van der Waals surface area contributed by atoms with Gasteiger partial charge in [-0.3, -0.25) is 0 Å². The molecule has 1 rings (SSSR count). The topological polar surface area (TPSA) is 27.7 Å². The Hall–Kier alpha value is 0.270. The van der Waals surface area contributed by atoms with Crippen LogP contribution in [-0.2, 0) is 25.4 Å². The van der Waals surface area contributed by atoms with E-state index in [9.17, 15) is 0 Å². The van der Waals surface area contributed by atoms with Gasteiger partial charge in [-0.15, -0.1) is 0 Å². The van der Waals surface area contributed by atoms with Crippen LogP contribution in [0.25, 0.3) is 0 Å². The minimum Gasteiger partial charge on any atom is -0.312 e. The zero-order valence-electron chi connectivity index (χ0n) is 11.4. The maximum atomic E-state index is 5.95. The standard InChI is InChI=1S/C12H23O3PS/c1-10-6-8-11(9-7-10)12(2,3)15-16(17,13-4)14-5/h6,11H,7-9H2,1-5H3. The van der Waals surface area contributed by atoms with Gasteiger partial charge in [0.05, 0.1) is 5.60 Å². The molecule has 5 heteroatoms. The van der Waals surface area contributed by atoms with E-state index in [1.165, 1.54) is 5.57 Å². The van der Waals surface area contributed by atoms with Crippen LogP contribution in [0.15, 0.2) is 11.6 Å². The van der Waals surface area contributed by atoms with E-state index in [2.05, 4.69) is 26.8 Å². The van der Waals surface area contributed by atoms with Crippen molar-refractivity contribution < 1.29 is 13.6 Å². The Morgan fingerprint density at radius 1 is 1.35 bits per heavy atom. The summed E-state index contributed by atoms with van der Waals surface area (Å²) in [5, 5.41) is 0. The molecule has 1 unspecified atom stereocenters. The van der Waals surface area contributed by atoms with Crippen LogP contribution >= 0.6 is 6.72 Å². The van der Waals surface area contributed by atoms with Crippen molar-refractivity contribution in [2.24, 2.45) is 5.92 Å². The van der Waals surface area contributed by atoms with E-state index in [1.54, 1.807) is 14.2 Å². The summed E-state index contributed by atoms with van der Waals surface area (Å²) in [6, 6.07) is 0. The molecule has 17 heavy (non-hydrogen) atoms. The van der Waals surface area contributed by atoms with Crippen molar-refractivity contribution in [3.8, 4) is 0 Å². The molecule has 0 aromatic heterocycles. The van der Waals surface area contributed by atoms with Crippen molar-refractivity contribution in [2.75, 3.05) is 14.2 Å². The number of hydrogen-bond acceptors (Lipinski definition) is 4. The van der Waals surface area contributed by atoms with Crippen molar-refractivity contribution in [2.45, 2.75) is 45.6 Å². The van der Waals surface area contributed by atoms with Crippen molar-refractivity contribution >= 4 is 18.5 Å². The van der Waals surface area contributed by atoms with Crippen molar-refractivity contribution in [1.82, 2.24) is 0 Å². The summed E-state index contributed by atoms with van der Waals surface area (Å²) in [5.41, 5.74) is 1.16. The minimum atomic E-state index is -2.57. The molecule has 0 N–H and O–H groups in total. The van der Waals surface area contributed by atoms with Gasteiger partial charge in [0.2, 0.25) is 0 Å². The van der Waals surface area contributed by atoms with Gasteiger partial charge in [0.1, 0.15) is 0 Å². The molecule has 0 aromatic carbocycles. The lowest BCUT2D eigenvalue weighted by molar-refractivity contribution is 0.0175. The summed E-state index contributed by atoms with van der Waals surface area (Å²) < 4.78 is 16.4. The van der Waals surface area contributed by atoms with Gasteiger partial charge in [-0.1, -0.05) is 11.6 Å². The van der Waals surface area contributed by atoms with Crippen LogP contribution in [0.5, 0.6) is 0 Å². The fraction of sp³-hybridized carbons (Fsp3) is 0.833. The van der Waals surface area contributed by atoms with Crippen molar-refractivity contribution in [3.63, 3.8) is 0 Å². The van der Waals surface area contributed by atoms with Gasteiger partial charge in [0, 0.05) is 14.2 Å². The number of rotatable bonds is 5. The number of allylic oxidation sites excluding steroid dienone is 2. The minimum absolute atomic E-state index is 0.307. The van der Waals surface area contributed by atoms with E-state index < -0.39 is 6.72 Å². The molecule has 100 valence electrons. The van der Waals surface area contributed by atoms with Gasteiger partial charge in [0.25, 0.3) is 0 Å². The third-order valence-corrected chi connectivity index (χ3v) is 6.12. The molecule has 0 saturated heterocycles. The van der Waals surface area contributed by atoms with Gasteiger partial charge in [-0.2, -0.15) is 0 Å². The fourth-order valence-electron chi connectivity index (χ4n) is 2.11. The SMILES string of the molecule is COP(=S)(OC)OC(C)(C)C1CC=C(C)CC1. The van der Waals surface area contributed by atoms with Gasteiger partial charge in [0.15, 0.2) is 0 Å². The molecule has 0 aromatic rings. The van der Waals surface area contributed by atoms with Crippen LogP contribution in [-0.4, -0.2) is 19.8 Å². The van der Waals surface area contributed by atoms with E-state index in [0.717, 1.165) is 19.3 Å². The Labute approximate surface area is 110 Å². The second kappa shape index (κ2) is 5.94. The molecule has 0 spiro atoms. The van der Waals surface area contributed by atoms with Crippen LogP contribution < -0.4 is 0 Å². The summed E-state index contributed by atoms with van der Waals surface area (Å²) in [7, 11) is 3.09. The highest BCUT2D eigenvalue weighted by atomic mass is 32.5. The second-order valence-electron chi connectivity index (χ2n) is 5.03. The third kappa shape index (κ3) is 4.15. The molecular formula is C12H23O3PS. The summed E-state index contributed by atoms with van der Waals surface area (Å²) in [4.78, 5) is 0. The average Bonchev–Trinajstić information content (AvgIpc) is 2.29. The van der Waals surface area contributed by atoms with E-state index in [4.69, 9.17) is 25.4 Å². The Bertz CT molecular complexity index is 331. The Balaban J connectivity index is 2.71. The molecule has 0 amide bonds. The zero-order valence-corrected chi connectivity index (χ0v) is 13.1. The van der Waals surface area contributed by atoms with E-state index in [0.29, 0.717) is 5.92 Å². The predicted molar refractivity (Wildman–Crippen MR) is 74.6 cm³/mol. The van der Waals surface area contributed by atoms with Crippen LogP contribution in [0.1, 0.15) is 40.0 Å². The lowest BCUT2D eigenvalue weighted by atomic mass is 9.80. The molecule has 0 aliphatic heterocycles. The molecule has 1 aliphatic carbocycles. The summed E-state index contributed by atoms with van der Waals surface area (Å²) in [5.74, 6) is 0.471. The maximum absolute atomic E-state index is 5.95. The molecule has 0 fully saturated rings. The van der Waals surface area contributed by atoms with Gasteiger partial charge < -0.3 is 13.6 Å². The highest BCUT2D eigenvalue weighted by Crippen LogP contribution is 2.54. The van der Waals surface area contributed by atoms with Gasteiger partial charge in [-0.05, 0) is 57.8 Å². The van der Waals surface area contributed by atoms with Crippen LogP contribution in [0.4, 0.5) is 0 Å². The normalized spacial score (nSPS) is 22.4. The fourth-order valence-corrected chi connectivity index (χ4v) is 3.71. The summed E-state index contributed by atoms with van der Waals surface area (Å²) in [6.45, 7) is 3.76. The largest absolute Gasteiger partial charge is 0.327 e. The second-order valence-corrected chi connectivity index (χ2v) is 8.18. The zero-order chi connectivity index (χ0) is 13.1. The molecule has 1 aliphatic rings. The molecule has 0 bridgehead atoms. The molecule has 0 heterocycles. The first-order valence-corrected chi connectivity index (χ1v) is 8.46. The Morgan fingerprint density at radius 2 is 1.94 bits per heavy atom. The van der Waals surface area contributed by atoms with Crippen LogP contribution in [0, 0.1) is 5.92 Å². The lowest BCUT2D eigenvalue weighted by Crippen LogP contribution is -2.34. The van der Waals surface area contributed by atoms with Crippen molar-refractivity contribution in [3.05, 3.63) is 11.6 Å². The van der Waals surface area contributed by atoms with E-state index >= 15 is 0 Å². The van der Waals surface area contributed by atoms with Crippen molar-refractivity contribution in [1.29, 1.82) is 0 Å². The van der Waals surface area contributed by atoms with E-state index in [1.807, 2.05) is 0 Å². The Kier molecular flexibility index (Phi) is 5.36. The van der Waals surface area contributed by atoms with Crippen LogP contribution in [0.3, 0.4) is 0 Å². The molecule has 3 nitrogen and oxygen atoms in total. The smallest absolute Gasteiger partial charge is 0.312 e. The summed E-state index contributed by atoms with van der Waals surface area (Å²) in [6.07, 6.45) is 5.61. The summed E-state index contributed by atoms with van der Waals surface area (Å²) >= 11 is 5.27. The monoisotopic (exact) mass is 278 g/mol. The first kappa shape index (κ1) is 15.3. The van der Waals surface area contributed by atoms with Crippen LogP contribution in [0.2, 0.25) is 0 Å². The molecule has 1 atom stereocenters. The highest BCUT2D eigenvalue weighted by Gasteiger charge is 2.36. The van der Waals surface area contributed by atoms with E-state index in [-0.39, 0.29) is 5.60 Å². The quantitative estimate of drug-likeness (QED) is 0.560. The Morgan fingerprint density at radius 3 is 2.35 bits per heavy atom. The molecular weight excluding hydrogens is 255 g/mol. The first-order valence-electron chi connectivity index (χ1n) is 5.91. The van der Waals surface area contributed by atoms with Gasteiger partial charge in [-0.25, -0.2) is 0 Å². The average molecular weight is 278 g/mol. The maximum Gasteiger partial charge on any atom is 0.327 e. The molecule has 0 radical (unpaired) electrons. The lowest BCUT2D eigenvalue weighted by Gasteiger charge is -2.38. The third-order valence-electron chi connectivity index (χ3n) is 3.42. The number of hydrogen-bond donors (Lipinski definition) is 0. The first-order chi connectivity index (χ1) is 7.83. The predicted octanol–water partition coefficient (Wildman–Crippen LogP) is 4.05. The van der Waals surface area contributed by atoms with Gasteiger partial charge >= 0.3 is 6.72 Å². The highest BCUT2D eigenvalue weighted by molar-refractivity contribution is 8.07. The molecule has 0 saturated carbocycles.